The smallest absolute Gasteiger partial charge is 0.198 e. The Bertz CT molecular complexity index is 3300. The van der Waals surface area contributed by atoms with E-state index in [-0.39, 0.29) is 0 Å². The molecule has 0 radical (unpaired) electrons. The lowest BCUT2D eigenvalue weighted by Crippen LogP contribution is -2.02. The van der Waals surface area contributed by atoms with Crippen molar-refractivity contribution in [1.82, 2.24) is 29.1 Å². The molecule has 4 aromatic heterocycles. The lowest BCUT2D eigenvalue weighted by atomic mass is 10.1. The van der Waals surface area contributed by atoms with Crippen molar-refractivity contribution in [3.05, 3.63) is 218 Å². The fraction of sp³-hybridized carbons (Fsp3) is 0. The molecule has 6 nitrogen and oxygen atoms in total. The van der Waals surface area contributed by atoms with Gasteiger partial charge in [-0.2, -0.15) is 0 Å². The summed E-state index contributed by atoms with van der Waals surface area (Å²) in [7, 11) is 0. The summed E-state index contributed by atoms with van der Waals surface area (Å²) in [5.74, 6) is 0.891. The van der Waals surface area contributed by atoms with Crippen molar-refractivity contribution in [2.45, 2.75) is 0 Å². The molecule has 6 heteroatoms. The molecule has 0 amide bonds. The summed E-state index contributed by atoms with van der Waals surface area (Å²) in [6.45, 7) is 0. The fourth-order valence-electron chi connectivity index (χ4n) is 8.91. The van der Waals surface area contributed by atoms with Gasteiger partial charge in [-0.3, -0.25) is 0 Å². The molecule has 0 spiro atoms. The van der Waals surface area contributed by atoms with Crippen LogP contribution >= 0.6 is 0 Å². The molecular weight excluding hydrogens is 757 g/mol. The normalized spacial score (nSPS) is 11.5. The van der Waals surface area contributed by atoms with Crippen LogP contribution in [0.5, 0.6) is 0 Å². The van der Waals surface area contributed by atoms with Crippen LogP contribution in [-0.4, -0.2) is 29.1 Å². The molecule has 12 rings (SSSR count). The summed E-state index contributed by atoms with van der Waals surface area (Å²) in [6, 6.07) is 76.2. The second-order valence-corrected chi connectivity index (χ2v) is 15.5. The van der Waals surface area contributed by atoms with Crippen molar-refractivity contribution in [2.75, 3.05) is 0 Å². The SMILES string of the molecule is c1ccc(-c2cc(-c3ccccc3)nc(-c3nc(-c4cccc(-n5c6ccccc6c6ccccc65)c4)cc(-c4cccc(-n5c6ccccc6c6ccccc65)c4)n3)n2)cc1. The minimum absolute atomic E-state index is 0.442. The van der Waals surface area contributed by atoms with Gasteiger partial charge in [0.15, 0.2) is 11.6 Å². The number of para-hydroxylation sites is 4. The van der Waals surface area contributed by atoms with E-state index < -0.39 is 0 Å². The number of aromatic nitrogens is 6. The standard InChI is InChI=1S/C56H36N6/c1-3-17-37(18-4-1)47-35-48(38-19-5-2-6-20-38)58-55(57-47)56-59-49(39-21-15-23-41(33-39)61-51-29-11-7-25-43(51)44-26-8-12-30-52(44)61)36-50(60-56)40-22-16-24-42(34-40)62-53-31-13-9-27-45(53)46-28-10-14-32-54(46)62/h1-36H. The molecule has 290 valence electrons. The molecule has 0 aliphatic heterocycles. The van der Waals surface area contributed by atoms with Crippen LogP contribution in [0.4, 0.5) is 0 Å². The van der Waals surface area contributed by atoms with E-state index in [0.717, 1.165) is 78.5 Å². The lowest BCUT2D eigenvalue weighted by molar-refractivity contribution is 1.09. The molecule has 0 unspecified atom stereocenters. The highest BCUT2D eigenvalue weighted by Crippen LogP contribution is 2.37. The Balaban J connectivity index is 1.08. The Morgan fingerprint density at radius 1 is 0.242 bits per heavy atom. The maximum absolute atomic E-state index is 5.32. The van der Waals surface area contributed by atoms with Gasteiger partial charge >= 0.3 is 0 Å². The first-order valence-corrected chi connectivity index (χ1v) is 20.8. The number of nitrogens with zero attached hydrogens (tertiary/aromatic N) is 6. The summed E-state index contributed by atoms with van der Waals surface area (Å²) < 4.78 is 4.68. The molecule has 4 heterocycles. The predicted molar refractivity (Wildman–Crippen MR) is 253 cm³/mol. The molecule has 0 aliphatic rings. The Labute approximate surface area is 357 Å². The van der Waals surface area contributed by atoms with Crippen molar-refractivity contribution in [1.29, 1.82) is 0 Å². The second-order valence-electron chi connectivity index (χ2n) is 15.5. The number of hydrogen-bond acceptors (Lipinski definition) is 4. The largest absolute Gasteiger partial charge is 0.309 e. The van der Waals surface area contributed by atoms with Crippen molar-refractivity contribution in [3.63, 3.8) is 0 Å². The molecule has 12 aromatic rings. The number of fused-ring (bicyclic) bond motifs is 6. The Hall–Kier alpha value is -8.48. The van der Waals surface area contributed by atoms with Crippen LogP contribution < -0.4 is 0 Å². The Morgan fingerprint density at radius 3 is 0.887 bits per heavy atom. The van der Waals surface area contributed by atoms with E-state index in [4.69, 9.17) is 19.9 Å². The molecule has 0 atom stereocenters. The van der Waals surface area contributed by atoms with E-state index in [1.807, 2.05) is 42.5 Å². The first kappa shape index (κ1) is 35.5. The minimum Gasteiger partial charge on any atom is -0.309 e. The fourth-order valence-corrected chi connectivity index (χ4v) is 8.91. The molecule has 0 aliphatic carbocycles. The van der Waals surface area contributed by atoms with Crippen molar-refractivity contribution in [2.24, 2.45) is 0 Å². The van der Waals surface area contributed by atoms with E-state index in [2.05, 4.69) is 185 Å². The zero-order valence-electron chi connectivity index (χ0n) is 33.5. The summed E-state index contributed by atoms with van der Waals surface area (Å²) >= 11 is 0. The van der Waals surface area contributed by atoms with E-state index >= 15 is 0 Å². The maximum atomic E-state index is 5.32. The highest BCUT2D eigenvalue weighted by atomic mass is 15.0. The van der Waals surface area contributed by atoms with Crippen LogP contribution in [0.2, 0.25) is 0 Å². The highest BCUT2D eigenvalue weighted by molar-refractivity contribution is 6.10. The Morgan fingerprint density at radius 2 is 0.532 bits per heavy atom. The lowest BCUT2D eigenvalue weighted by Gasteiger charge is -2.14. The van der Waals surface area contributed by atoms with E-state index in [0.29, 0.717) is 11.6 Å². The van der Waals surface area contributed by atoms with E-state index in [1.165, 1.54) is 21.5 Å². The van der Waals surface area contributed by atoms with Crippen molar-refractivity contribution < 1.29 is 0 Å². The molecule has 0 fully saturated rings. The van der Waals surface area contributed by atoms with Gasteiger partial charge in [-0.05, 0) is 60.7 Å². The molecule has 0 bridgehead atoms. The third-order valence-electron chi connectivity index (χ3n) is 11.8. The molecular formula is C56H36N6. The van der Waals surface area contributed by atoms with Gasteiger partial charge in [0, 0.05) is 55.2 Å². The molecule has 0 N–H and O–H groups in total. The number of benzene rings is 8. The van der Waals surface area contributed by atoms with Gasteiger partial charge in [0.2, 0.25) is 0 Å². The van der Waals surface area contributed by atoms with Crippen LogP contribution in [0.3, 0.4) is 0 Å². The maximum Gasteiger partial charge on any atom is 0.198 e. The second kappa shape index (κ2) is 14.7. The third-order valence-corrected chi connectivity index (χ3v) is 11.8. The van der Waals surface area contributed by atoms with E-state index in [9.17, 15) is 0 Å². The van der Waals surface area contributed by atoms with Gasteiger partial charge in [0.05, 0.1) is 44.8 Å². The summed E-state index contributed by atoms with van der Waals surface area (Å²) in [4.78, 5) is 21.0. The van der Waals surface area contributed by atoms with Crippen LogP contribution in [0.1, 0.15) is 0 Å². The van der Waals surface area contributed by atoms with Crippen LogP contribution in [0.25, 0.3) is 112 Å². The van der Waals surface area contributed by atoms with Crippen LogP contribution in [0.15, 0.2) is 218 Å². The van der Waals surface area contributed by atoms with Crippen LogP contribution in [0, 0.1) is 0 Å². The summed E-state index contributed by atoms with van der Waals surface area (Å²) in [5, 5.41) is 4.86. The molecule has 62 heavy (non-hydrogen) atoms. The van der Waals surface area contributed by atoms with Crippen LogP contribution in [-0.2, 0) is 0 Å². The van der Waals surface area contributed by atoms with Gasteiger partial charge < -0.3 is 9.13 Å². The van der Waals surface area contributed by atoms with Gasteiger partial charge in [0.25, 0.3) is 0 Å². The quantitative estimate of drug-likeness (QED) is 0.161. The monoisotopic (exact) mass is 792 g/mol. The zero-order chi connectivity index (χ0) is 41.0. The van der Waals surface area contributed by atoms with Gasteiger partial charge in [0.1, 0.15) is 0 Å². The molecule has 0 saturated heterocycles. The van der Waals surface area contributed by atoms with Gasteiger partial charge in [-0.15, -0.1) is 0 Å². The molecule has 0 saturated carbocycles. The highest BCUT2D eigenvalue weighted by Gasteiger charge is 2.19. The minimum atomic E-state index is 0.442. The number of rotatable bonds is 7. The Kier molecular flexibility index (Phi) is 8.38. The topological polar surface area (TPSA) is 61.4 Å². The average Bonchev–Trinajstić information content (AvgIpc) is 3.87. The zero-order valence-corrected chi connectivity index (χ0v) is 33.5. The first-order valence-electron chi connectivity index (χ1n) is 20.8. The van der Waals surface area contributed by atoms with Gasteiger partial charge in [-0.25, -0.2) is 19.9 Å². The van der Waals surface area contributed by atoms with Crippen molar-refractivity contribution in [3.8, 4) is 68.1 Å². The third kappa shape index (κ3) is 6.04. The van der Waals surface area contributed by atoms with E-state index in [1.54, 1.807) is 0 Å². The number of hydrogen-bond donors (Lipinski definition) is 0. The molecule has 8 aromatic carbocycles. The summed E-state index contributed by atoms with van der Waals surface area (Å²) in [6.07, 6.45) is 0. The van der Waals surface area contributed by atoms with Crippen molar-refractivity contribution >= 4 is 43.6 Å². The van der Waals surface area contributed by atoms with Gasteiger partial charge in [-0.1, -0.05) is 158 Å². The predicted octanol–water partition coefficient (Wildman–Crippen LogP) is 13.8. The summed E-state index contributed by atoms with van der Waals surface area (Å²) in [5.41, 5.74) is 13.7. The first-order chi connectivity index (χ1) is 30.7. The average molecular weight is 793 g/mol.